The van der Waals surface area contributed by atoms with E-state index in [4.69, 9.17) is 39.5 Å². The number of aromatic nitrogens is 1. The third kappa shape index (κ3) is 5.36. The smallest absolute Gasteiger partial charge is 0.231 e. The molecule has 0 radical (unpaired) electrons. The molecule has 0 saturated heterocycles. The molecule has 2 aromatic carbocycles. The summed E-state index contributed by atoms with van der Waals surface area (Å²) in [5, 5.41) is 6.56. The molecule has 0 saturated carbocycles. The molecule has 1 N–H and O–H groups in total. The van der Waals surface area contributed by atoms with Gasteiger partial charge in [0.1, 0.15) is 17.4 Å². The van der Waals surface area contributed by atoms with Gasteiger partial charge < -0.3 is 10.1 Å². The maximum absolute atomic E-state index is 12.2. The standard InChI is InChI=1S/C19H15Cl3N2O2S/c1-11-4-2-3-5-16(11)24-18(25)8-19-23-12(10-27-19)9-26-17-7-14(21)13(20)6-15(17)22/h2-7,10H,8-9H2,1H3,(H,24,25). The Balaban J connectivity index is 1.58. The average Bonchev–Trinajstić information content (AvgIpc) is 3.06. The Morgan fingerprint density at radius 3 is 2.67 bits per heavy atom. The van der Waals surface area contributed by atoms with Crippen LogP contribution >= 0.6 is 46.1 Å². The Morgan fingerprint density at radius 1 is 1.15 bits per heavy atom. The molecule has 1 heterocycles. The monoisotopic (exact) mass is 440 g/mol. The molecular formula is C19H15Cl3N2O2S. The van der Waals surface area contributed by atoms with Crippen LogP contribution in [-0.2, 0) is 17.8 Å². The number of carbonyl (C=O) groups excluding carboxylic acids is 1. The summed E-state index contributed by atoms with van der Waals surface area (Å²) in [5.74, 6) is 0.316. The molecule has 0 fully saturated rings. The Hall–Kier alpha value is -1.79. The van der Waals surface area contributed by atoms with Crippen LogP contribution in [-0.4, -0.2) is 10.9 Å². The van der Waals surface area contributed by atoms with E-state index in [1.165, 1.54) is 17.4 Å². The third-order valence-corrected chi connectivity index (χ3v) is 5.60. The molecule has 0 spiro atoms. The Kier molecular flexibility index (Phi) is 6.60. The second-order valence-electron chi connectivity index (χ2n) is 5.76. The largest absolute Gasteiger partial charge is 0.486 e. The van der Waals surface area contributed by atoms with Crippen molar-refractivity contribution in [2.24, 2.45) is 0 Å². The van der Waals surface area contributed by atoms with Gasteiger partial charge in [0.05, 0.1) is 27.2 Å². The summed E-state index contributed by atoms with van der Waals surface area (Å²) in [6.45, 7) is 2.16. The van der Waals surface area contributed by atoms with Crippen LogP contribution in [0.5, 0.6) is 5.75 Å². The number of hydrogen-bond donors (Lipinski definition) is 1. The van der Waals surface area contributed by atoms with E-state index in [2.05, 4.69) is 10.3 Å². The van der Waals surface area contributed by atoms with E-state index in [0.29, 0.717) is 31.5 Å². The number of anilines is 1. The van der Waals surface area contributed by atoms with Crippen molar-refractivity contribution < 1.29 is 9.53 Å². The number of para-hydroxylation sites is 1. The van der Waals surface area contributed by atoms with Gasteiger partial charge in [-0.25, -0.2) is 4.98 Å². The van der Waals surface area contributed by atoms with Gasteiger partial charge in [-0.15, -0.1) is 11.3 Å². The van der Waals surface area contributed by atoms with E-state index in [1.807, 2.05) is 36.6 Å². The number of carbonyl (C=O) groups is 1. The number of halogens is 3. The molecule has 140 valence electrons. The molecule has 0 atom stereocenters. The zero-order valence-corrected chi connectivity index (χ0v) is 17.3. The van der Waals surface area contributed by atoms with Crippen molar-refractivity contribution in [1.82, 2.24) is 4.98 Å². The third-order valence-electron chi connectivity index (χ3n) is 3.68. The number of amides is 1. The molecule has 0 aliphatic rings. The molecular weight excluding hydrogens is 427 g/mol. The summed E-state index contributed by atoms with van der Waals surface area (Å²) < 4.78 is 5.66. The van der Waals surface area contributed by atoms with Gasteiger partial charge in [-0.05, 0) is 24.6 Å². The first-order chi connectivity index (χ1) is 12.9. The van der Waals surface area contributed by atoms with Crippen LogP contribution in [0.3, 0.4) is 0 Å². The minimum atomic E-state index is -0.112. The van der Waals surface area contributed by atoms with Crippen molar-refractivity contribution in [3.8, 4) is 5.75 Å². The highest BCUT2D eigenvalue weighted by molar-refractivity contribution is 7.09. The van der Waals surface area contributed by atoms with E-state index in [0.717, 1.165) is 11.3 Å². The van der Waals surface area contributed by atoms with Crippen LogP contribution in [0.2, 0.25) is 15.1 Å². The van der Waals surface area contributed by atoms with Crippen LogP contribution in [0, 0.1) is 6.92 Å². The maximum Gasteiger partial charge on any atom is 0.231 e. The molecule has 1 aromatic heterocycles. The van der Waals surface area contributed by atoms with Crippen molar-refractivity contribution in [2.75, 3.05) is 5.32 Å². The number of hydrogen-bond acceptors (Lipinski definition) is 4. The molecule has 0 aliphatic heterocycles. The lowest BCUT2D eigenvalue weighted by Gasteiger charge is -2.08. The molecule has 4 nitrogen and oxygen atoms in total. The number of nitrogens with one attached hydrogen (secondary N) is 1. The highest BCUT2D eigenvalue weighted by Crippen LogP contribution is 2.34. The molecule has 27 heavy (non-hydrogen) atoms. The predicted octanol–water partition coefficient (Wildman–Crippen LogP) is 6.17. The zero-order chi connectivity index (χ0) is 19.4. The van der Waals surface area contributed by atoms with Crippen LogP contribution < -0.4 is 10.1 Å². The summed E-state index contributed by atoms with van der Waals surface area (Å²) in [4.78, 5) is 16.6. The SMILES string of the molecule is Cc1ccccc1NC(=O)Cc1nc(COc2cc(Cl)c(Cl)cc2Cl)cs1. The van der Waals surface area contributed by atoms with Crippen molar-refractivity contribution in [3.05, 3.63) is 73.1 Å². The van der Waals surface area contributed by atoms with Gasteiger partial charge in [0, 0.05) is 17.1 Å². The van der Waals surface area contributed by atoms with Crippen LogP contribution in [0.1, 0.15) is 16.3 Å². The quantitative estimate of drug-likeness (QED) is 0.465. The predicted molar refractivity (Wildman–Crippen MR) is 111 cm³/mol. The molecule has 8 heteroatoms. The zero-order valence-electron chi connectivity index (χ0n) is 14.3. The Morgan fingerprint density at radius 2 is 1.89 bits per heavy atom. The molecule has 3 aromatic rings. The van der Waals surface area contributed by atoms with Gasteiger partial charge in [0.25, 0.3) is 0 Å². The lowest BCUT2D eigenvalue weighted by atomic mass is 10.2. The van der Waals surface area contributed by atoms with Crippen molar-refractivity contribution >= 4 is 57.7 Å². The fraction of sp³-hybridized carbons (Fsp3) is 0.158. The van der Waals surface area contributed by atoms with E-state index in [9.17, 15) is 4.79 Å². The first-order valence-electron chi connectivity index (χ1n) is 7.98. The molecule has 0 unspecified atom stereocenters. The lowest BCUT2D eigenvalue weighted by molar-refractivity contribution is -0.115. The number of ether oxygens (including phenoxy) is 1. The van der Waals surface area contributed by atoms with E-state index >= 15 is 0 Å². The summed E-state index contributed by atoms with van der Waals surface area (Å²) in [7, 11) is 0. The summed E-state index contributed by atoms with van der Waals surface area (Å²) in [5.41, 5.74) is 2.52. The fourth-order valence-electron chi connectivity index (χ4n) is 2.31. The minimum absolute atomic E-state index is 0.112. The van der Waals surface area contributed by atoms with Crippen molar-refractivity contribution in [2.45, 2.75) is 20.0 Å². The Labute approximate surface area is 176 Å². The number of rotatable bonds is 6. The first kappa shape index (κ1) is 20.0. The highest BCUT2D eigenvalue weighted by Gasteiger charge is 2.11. The van der Waals surface area contributed by atoms with Gasteiger partial charge in [0.15, 0.2) is 0 Å². The van der Waals surface area contributed by atoms with Crippen LogP contribution in [0.4, 0.5) is 5.69 Å². The van der Waals surface area contributed by atoms with E-state index in [-0.39, 0.29) is 18.9 Å². The van der Waals surface area contributed by atoms with Crippen LogP contribution in [0.25, 0.3) is 0 Å². The first-order valence-corrected chi connectivity index (χ1v) is 10.00. The second-order valence-corrected chi connectivity index (χ2v) is 7.92. The highest BCUT2D eigenvalue weighted by atomic mass is 35.5. The van der Waals surface area contributed by atoms with Gasteiger partial charge >= 0.3 is 0 Å². The van der Waals surface area contributed by atoms with Gasteiger partial charge in [-0.3, -0.25) is 4.79 Å². The topological polar surface area (TPSA) is 51.2 Å². The molecule has 0 bridgehead atoms. The molecule has 0 aliphatic carbocycles. The number of thiazole rings is 1. The Bertz CT molecular complexity index is 975. The van der Waals surface area contributed by atoms with Crippen LogP contribution in [0.15, 0.2) is 41.8 Å². The van der Waals surface area contributed by atoms with Gasteiger partial charge in [-0.1, -0.05) is 53.0 Å². The summed E-state index contributed by atoms with van der Waals surface area (Å²) in [6.07, 6.45) is 0.201. The number of aryl methyl sites for hydroxylation is 1. The summed E-state index contributed by atoms with van der Waals surface area (Å²) in [6, 6.07) is 10.7. The van der Waals surface area contributed by atoms with Crippen molar-refractivity contribution in [1.29, 1.82) is 0 Å². The van der Waals surface area contributed by atoms with Crippen molar-refractivity contribution in [3.63, 3.8) is 0 Å². The minimum Gasteiger partial charge on any atom is -0.486 e. The second kappa shape index (κ2) is 8.93. The normalized spacial score (nSPS) is 10.7. The van der Waals surface area contributed by atoms with Gasteiger partial charge in [-0.2, -0.15) is 0 Å². The maximum atomic E-state index is 12.2. The van der Waals surface area contributed by atoms with Gasteiger partial charge in [0.2, 0.25) is 5.91 Å². The van der Waals surface area contributed by atoms with E-state index in [1.54, 1.807) is 6.07 Å². The number of benzene rings is 2. The van der Waals surface area contributed by atoms with E-state index < -0.39 is 0 Å². The number of nitrogens with zero attached hydrogens (tertiary/aromatic N) is 1. The average molecular weight is 442 g/mol. The summed E-state index contributed by atoms with van der Waals surface area (Å²) >= 11 is 19.4. The molecule has 1 amide bonds. The lowest BCUT2D eigenvalue weighted by Crippen LogP contribution is -2.15. The molecule has 3 rings (SSSR count). The fourth-order valence-corrected chi connectivity index (χ4v) is 3.68.